The minimum atomic E-state index is -4.77. The van der Waals surface area contributed by atoms with Gasteiger partial charge < -0.3 is 5.32 Å². The molecule has 2 rings (SSSR count). The summed E-state index contributed by atoms with van der Waals surface area (Å²) in [5.74, 6) is -1.48. The second kappa shape index (κ2) is 2.74. The predicted molar refractivity (Wildman–Crippen MR) is 43.4 cm³/mol. The maximum absolute atomic E-state index is 12.0. The lowest BCUT2D eigenvalue weighted by Crippen LogP contribution is -2.49. The smallest absolute Gasteiger partial charge is 0.339 e. The molecule has 0 aromatic rings. The molecule has 78 valence electrons. The third kappa shape index (κ3) is 1.51. The van der Waals surface area contributed by atoms with E-state index in [1.807, 2.05) is 6.08 Å². The van der Waals surface area contributed by atoms with E-state index in [9.17, 15) is 18.0 Å². The molecular weight excluding hydrogens is 195 g/mol. The molecular formula is C9H10F3NO. The molecule has 2 nitrogen and oxygen atoms in total. The fourth-order valence-corrected chi connectivity index (χ4v) is 2.20. The zero-order chi connectivity index (χ0) is 10.4. The third-order valence-corrected chi connectivity index (χ3v) is 2.90. The van der Waals surface area contributed by atoms with E-state index in [-0.39, 0.29) is 0 Å². The van der Waals surface area contributed by atoms with Crippen LogP contribution in [0, 0.1) is 5.92 Å². The number of hydrogen-bond acceptors (Lipinski definition) is 1. The van der Waals surface area contributed by atoms with E-state index in [1.165, 1.54) is 0 Å². The number of allylic oxidation sites excluding steroid dienone is 1. The van der Waals surface area contributed by atoms with Crippen LogP contribution in [0.5, 0.6) is 0 Å². The average molecular weight is 205 g/mol. The Morgan fingerprint density at radius 2 is 2.21 bits per heavy atom. The van der Waals surface area contributed by atoms with Crippen molar-refractivity contribution < 1.29 is 18.0 Å². The Labute approximate surface area is 79.2 Å². The maximum Gasteiger partial charge on any atom is 0.471 e. The van der Waals surface area contributed by atoms with Gasteiger partial charge in [0, 0.05) is 0 Å². The first kappa shape index (κ1) is 9.55. The molecule has 0 saturated heterocycles. The topological polar surface area (TPSA) is 29.1 Å². The molecule has 1 N–H and O–H groups in total. The highest BCUT2D eigenvalue weighted by atomic mass is 19.4. The number of hydrogen-bond donors (Lipinski definition) is 1. The van der Waals surface area contributed by atoms with Crippen LogP contribution in [0.25, 0.3) is 0 Å². The van der Waals surface area contributed by atoms with Crippen LogP contribution in [-0.2, 0) is 4.79 Å². The van der Waals surface area contributed by atoms with E-state index in [0.29, 0.717) is 18.8 Å². The summed E-state index contributed by atoms with van der Waals surface area (Å²) < 4.78 is 36.0. The van der Waals surface area contributed by atoms with E-state index in [2.05, 4.69) is 5.32 Å². The van der Waals surface area contributed by atoms with Crippen LogP contribution in [0.15, 0.2) is 12.2 Å². The molecule has 0 spiro atoms. The van der Waals surface area contributed by atoms with Gasteiger partial charge in [-0.05, 0) is 25.2 Å². The second-order valence-corrected chi connectivity index (χ2v) is 3.97. The number of fused-ring (bicyclic) bond motifs is 2. The Kier molecular flexibility index (Phi) is 1.87. The lowest BCUT2D eigenvalue weighted by atomic mass is 9.99. The molecule has 2 aliphatic carbocycles. The van der Waals surface area contributed by atoms with Gasteiger partial charge in [-0.2, -0.15) is 13.2 Å². The number of carbonyl (C=O) groups is 1. The van der Waals surface area contributed by atoms with E-state index >= 15 is 0 Å². The lowest BCUT2D eigenvalue weighted by Gasteiger charge is -2.25. The zero-order valence-corrected chi connectivity index (χ0v) is 7.40. The van der Waals surface area contributed by atoms with Crippen LogP contribution in [-0.4, -0.2) is 17.6 Å². The van der Waals surface area contributed by atoms with Crippen molar-refractivity contribution in [3.8, 4) is 0 Å². The monoisotopic (exact) mass is 205 g/mol. The van der Waals surface area contributed by atoms with Crippen LogP contribution >= 0.6 is 0 Å². The number of halogens is 3. The normalized spacial score (nSPS) is 34.9. The van der Waals surface area contributed by atoms with Gasteiger partial charge in [0.2, 0.25) is 0 Å². The van der Waals surface area contributed by atoms with Gasteiger partial charge in [0.15, 0.2) is 0 Å². The van der Waals surface area contributed by atoms with Crippen molar-refractivity contribution in [3.05, 3.63) is 12.2 Å². The van der Waals surface area contributed by atoms with Crippen LogP contribution in [0.2, 0.25) is 0 Å². The highest BCUT2D eigenvalue weighted by molar-refractivity contribution is 5.82. The standard InChI is InChI=1S/C9H10F3NO/c10-9(11,12)7(14)13-8-3-1-6(5-8)2-4-8/h1,3,6H,2,4-5H2,(H,13,14). The molecule has 0 radical (unpaired) electrons. The minimum absolute atomic E-state index is 0.350. The Hall–Kier alpha value is -1.00. The highest BCUT2D eigenvalue weighted by Crippen LogP contribution is 2.42. The number of carbonyl (C=O) groups excluding carboxylic acids is 1. The molecule has 0 aliphatic heterocycles. The summed E-state index contributed by atoms with van der Waals surface area (Å²) in [6, 6.07) is 0. The second-order valence-electron chi connectivity index (χ2n) is 3.97. The number of rotatable bonds is 1. The van der Waals surface area contributed by atoms with Crippen LogP contribution in [0.3, 0.4) is 0 Å². The van der Waals surface area contributed by atoms with E-state index in [4.69, 9.17) is 0 Å². The molecule has 1 fully saturated rings. The number of nitrogens with one attached hydrogen (secondary N) is 1. The summed E-state index contributed by atoms with van der Waals surface area (Å²) in [6.45, 7) is 0. The summed E-state index contributed by atoms with van der Waals surface area (Å²) in [7, 11) is 0. The van der Waals surface area contributed by atoms with E-state index < -0.39 is 17.6 Å². The molecule has 2 atom stereocenters. The molecule has 1 amide bonds. The quantitative estimate of drug-likeness (QED) is 0.649. The first-order valence-electron chi connectivity index (χ1n) is 4.50. The SMILES string of the molecule is O=C(NC12C=CC(CC1)C2)C(F)(F)F. The molecule has 5 heteroatoms. The van der Waals surface area contributed by atoms with Crippen molar-refractivity contribution in [2.75, 3.05) is 0 Å². The first-order valence-corrected chi connectivity index (χ1v) is 4.50. The highest BCUT2D eigenvalue weighted by Gasteiger charge is 2.47. The van der Waals surface area contributed by atoms with Gasteiger partial charge in [-0.3, -0.25) is 4.79 Å². The molecule has 2 unspecified atom stereocenters. The van der Waals surface area contributed by atoms with Gasteiger partial charge in [-0.15, -0.1) is 0 Å². The zero-order valence-electron chi connectivity index (χ0n) is 7.40. The number of alkyl halides is 3. The van der Waals surface area contributed by atoms with Crippen molar-refractivity contribution in [1.82, 2.24) is 5.32 Å². The van der Waals surface area contributed by atoms with Crippen molar-refractivity contribution in [3.63, 3.8) is 0 Å². The van der Waals surface area contributed by atoms with Crippen molar-refractivity contribution in [2.24, 2.45) is 5.92 Å². The Morgan fingerprint density at radius 3 is 2.57 bits per heavy atom. The molecule has 2 aliphatic rings. The summed E-state index contributed by atoms with van der Waals surface area (Å²) in [4.78, 5) is 10.7. The van der Waals surface area contributed by atoms with Crippen LogP contribution in [0.4, 0.5) is 13.2 Å². The Morgan fingerprint density at radius 1 is 1.50 bits per heavy atom. The summed E-state index contributed by atoms with van der Waals surface area (Å²) >= 11 is 0. The largest absolute Gasteiger partial charge is 0.471 e. The summed E-state index contributed by atoms with van der Waals surface area (Å²) in [6.07, 6.45) is 0.924. The van der Waals surface area contributed by atoms with Crippen LogP contribution < -0.4 is 5.32 Å². The minimum Gasteiger partial charge on any atom is -0.339 e. The van der Waals surface area contributed by atoms with E-state index in [1.54, 1.807) is 6.08 Å². The van der Waals surface area contributed by atoms with Gasteiger partial charge in [0.25, 0.3) is 0 Å². The van der Waals surface area contributed by atoms with Crippen molar-refractivity contribution >= 4 is 5.91 Å². The Bertz CT molecular complexity index is 297. The van der Waals surface area contributed by atoms with Gasteiger partial charge in [0.05, 0.1) is 5.54 Å². The van der Waals surface area contributed by atoms with Crippen molar-refractivity contribution in [2.45, 2.75) is 31.0 Å². The summed E-state index contributed by atoms with van der Waals surface area (Å²) in [5, 5.41) is 2.07. The van der Waals surface area contributed by atoms with Crippen molar-refractivity contribution in [1.29, 1.82) is 0 Å². The fourth-order valence-electron chi connectivity index (χ4n) is 2.20. The average Bonchev–Trinajstić information content (AvgIpc) is 2.61. The molecule has 2 bridgehead atoms. The predicted octanol–water partition coefficient (Wildman–Crippen LogP) is 1.77. The van der Waals surface area contributed by atoms with Gasteiger partial charge in [-0.1, -0.05) is 12.2 Å². The first-order chi connectivity index (χ1) is 6.41. The third-order valence-electron chi connectivity index (χ3n) is 2.90. The molecule has 1 saturated carbocycles. The molecule has 0 heterocycles. The van der Waals surface area contributed by atoms with Gasteiger partial charge in [0.1, 0.15) is 0 Å². The molecule has 0 aromatic carbocycles. The van der Waals surface area contributed by atoms with Gasteiger partial charge >= 0.3 is 12.1 Å². The number of amides is 1. The fraction of sp³-hybridized carbons (Fsp3) is 0.667. The Balaban J connectivity index is 2.05. The van der Waals surface area contributed by atoms with Crippen LogP contribution in [0.1, 0.15) is 19.3 Å². The van der Waals surface area contributed by atoms with Gasteiger partial charge in [-0.25, -0.2) is 0 Å². The molecule has 0 aromatic heterocycles. The maximum atomic E-state index is 12.0. The lowest BCUT2D eigenvalue weighted by molar-refractivity contribution is -0.175. The summed E-state index contributed by atoms with van der Waals surface area (Å²) in [5.41, 5.74) is -0.711. The molecule has 14 heavy (non-hydrogen) atoms. The van der Waals surface area contributed by atoms with E-state index in [0.717, 1.165) is 6.42 Å².